The van der Waals surface area contributed by atoms with Crippen molar-refractivity contribution in [1.82, 2.24) is 9.78 Å². The lowest BCUT2D eigenvalue weighted by molar-refractivity contribution is -0.118. The molecule has 1 aromatic heterocycles. The molecule has 0 radical (unpaired) electrons. The number of nitrogens with one attached hydrogen (secondary N) is 1. The summed E-state index contributed by atoms with van der Waals surface area (Å²) in [7, 11) is 1.50. The fraction of sp³-hybridized carbons (Fsp3) is 0.190. The van der Waals surface area contributed by atoms with Crippen LogP contribution in [-0.2, 0) is 4.79 Å². The molecule has 0 aliphatic carbocycles. The number of amides is 1. The first-order chi connectivity index (χ1) is 13.9. The van der Waals surface area contributed by atoms with Crippen LogP contribution in [0, 0.1) is 13.8 Å². The highest BCUT2D eigenvalue weighted by atomic mass is 35.5. The number of nitrogens with zero attached hydrogens (tertiary/aromatic N) is 2. The van der Waals surface area contributed by atoms with Crippen LogP contribution < -0.4 is 20.3 Å². The van der Waals surface area contributed by atoms with E-state index in [2.05, 4.69) is 10.4 Å². The molecule has 3 aromatic rings. The Bertz CT molecular complexity index is 1110. The van der Waals surface area contributed by atoms with Gasteiger partial charge in [0.2, 0.25) is 5.88 Å². The molecule has 0 saturated carbocycles. The number of carbonyl (C=O) groups is 1. The third kappa shape index (κ3) is 4.94. The number of carbonyl (C=O) groups excluding carboxylic acids is 1. The van der Waals surface area contributed by atoms with Crippen LogP contribution in [0.3, 0.4) is 0 Å². The molecule has 8 heteroatoms. The number of hydrogen-bond acceptors (Lipinski definition) is 5. The lowest BCUT2D eigenvalue weighted by Crippen LogP contribution is -2.24. The van der Waals surface area contributed by atoms with Gasteiger partial charge in [-0.1, -0.05) is 17.7 Å². The zero-order valence-electron chi connectivity index (χ0n) is 16.2. The molecule has 0 fully saturated rings. The van der Waals surface area contributed by atoms with E-state index in [9.17, 15) is 9.59 Å². The molecule has 7 nitrogen and oxygen atoms in total. The van der Waals surface area contributed by atoms with Crippen molar-refractivity contribution in [2.24, 2.45) is 0 Å². The first-order valence-corrected chi connectivity index (χ1v) is 9.19. The quantitative estimate of drug-likeness (QED) is 0.668. The Hall–Kier alpha value is -3.32. The maximum Gasteiger partial charge on any atom is 0.271 e. The van der Waals surface area contributed by atoms with Gasteiger partial charge < -0.3 is 14.8 Å². The van der Waals surface area contributed by atoms with Crippen LogP contribution in [-0.4, -0.2) is 29.4 Å². The number of aryl methyl sites for hydroxylation is 2. The second kappa shape index (κ2) is 8.79. The zero-order chi connectivity index (χ0) is 21.0. The summed E-state index contributed by atoms with van der Waals surface area (Å²) in [5.41, 5.74) is 2.91. The predicted molar refractivity (Wildman–Crippen MR) is 111 cm³/mol. The Morgan fingerprint density at radius 3 is 2.62 bits per heavy atom. The van der Waals surface area contributed by atoms with Crippen LogP contribution in [0.5, 0.6) is 11.6 Å². The van der Waals surface area contributed by atoms with Crippen molar-refractivity contribution < 1.29 is 14.3 Å². The Balaban J connectivity index is 1.73. The van der Waals surface area contributed by atoms with Gasteiger partial charge in [0.05, 0.1) is 18.5 Å². The molecule has 1 amide bonds. The highest BCUT2D eigenvalue weighted by Crippen LogP contribution is 2.27. The summed E-state index contributed by atoms with van der Waals surface area (Å²) in [5, 5.41) is 7.33. The second-order valence-corrected chi connectivity index (χ2v) is 6.81. The normalized spacial score (nSPS) is 10.5. The molecular formula is C21H20ClN3O4. The number of rotatable bonds is 6. The molecular weight excluding hydrogens is 394 g/mol. The summed E-state index contributed by atoms with van der Waals surface area (Å²) in [6.45, 7) is 3.65. The summed E-state index contributed by atoms with van der Waals surface area (Å²) in [6, 6.07) is 13.2. The fourth-order valence-electron chi connectivity index (χ4n) is 2.62. The van der Waals surface area contributed by atoms with Gasteiger partial charge in [-0.25, -0.2) is 0 Å². The van der Waals surface area contributed by atoms with Crippen LogP contribution in [0.2, 0.25) is 5.02 Å². The van der Waals surface area contributed by atoms with Gasteiger partial charge in [0.15, 0.2) is 6.61 Å². The van der Waals surface area contributed by atoms with Gasteiger partial charge in [-0.2, -0.15) is 4.68 Å². The van der Waals surface area contributed by atoms with Gasteiger partial charge in [0.1, 0.15) is 5.75 Å². The van der Waals surface area contributed by atoms with Crippen LogP contribution >= 0.6 is 11.6 Å². The molecule has 150 valence electrons. The average molecular weight is 414 g/mol. The second-order valence-electron chi connectivity index (χ2n) is 6.37. The van der Waals surface area contributed by atoms with Crippen molar-refractivity contribution in [3.8, 4) is 17.3 Å². The molecule has 0 saturated heterocycles. The molecule has 0 atom stereocenters. The van der Waals surface area contributed by atoms with E-state index in [0.29, 0.717) is 22.1 Å². The number of benzene rings is 2. The molecule has 2 aromatic carbocycles. The first kappa shape index (κ1) is 20.4. The Morgan fingerprint density at radius 2 is 1.90 bits per heavy atom. The number of anilines is 1. The smallest absolute Gasteiger partial charge is 0.271 e. The van der Waals surface area contributed by atoms with Crippen molar-refractivity contribution in [3.63, 3.8) is 0 Å². The van der Waals surface area contributed by atoms with Crippen molar-refractivity contribution in [3.05, 3.63) is 75.0 Å². The van der Waals surface area contributed by atoms with E-state index in [-0.39, 0.29) is 18.0 Å². The van der Waals surface area contributed by atoms with Gasteiger partial charge in [-0.05, 0) is 55.3 Å². The van der Waals surface area contributed by atoms with Gasteiger partial charge in [0.25, 0.3) is 11.5 Å². The Labute approximate surface area is 172 Å². The Morgan fingerprint density at radius 1 is 1.10 bits per heavy atom. The van der Waals surface area contributed by atoms with Gasteiger partial charge in [-0.15, -0.1) is 5.10 Å². The topological polar surface area (TPSA) is 82.5 Å². The first-order valence-electron chi connectivity index (χ1n) is 8.81. The minimum atomic E-state index is -0.420. The van der Waals surface area contributed by atoms with E-state index < -0.39 is 5.91 Å². The number of methoxy groups -OCH3 is 1. The van der Waals surface area contributed by atoms with E-state index in [1.807, 2.05) is 26.0 Å². The minimum Gasteiger partial charge on any atom is -0.495 e. The summed E-state index contributed by atoms with van der Waals surface area (Å²) < 4.78 is 11.9. The van der Waals surface area contributed by atoms with E-state index in [0.717, 1.165) is 11.1 Å². The van der Waals surface area contributed by atoms with Crippen LogP contribution in [0.1, 0.15) is 11.1 Å². The molecule has 0 aliphatic rings. The van der Waals surface area contributed by atoms with Crippen LogP contribution in [0.15, 0.2) is 53.3 Å². The van der Waals surface area contributed by atoms with Crippen molar-refractivity contribution in [2.45, 2.75) is 13.8 Å². The number of hydrogen-bond donors (Lipinski definition) is 1. The fourth-order valence-corrected chi connectivity index (χ4v) is 2.79. The third-order valence-corrected chi connectivity index (χ3v) is 4.53. The largest absolute Gasteiger partial charge is 0.495 e. The Kier molecular flexibility index (Phi) is 6.19. The van der Waals surface area contributed by atoms with E-state index >= 15 is 0 Å². The number of halogens is 1. The zero-order valence-corrected chi connectivity index (χ0v) is 17.0. The summed E-state index contributed by atoms with van der Waals surface area (Å²) >= 11 is 5.96. The van der Waals surface area contributed by atoms with Crippen LogP contribution in [0.4, 0.5) is 5.69 Å². The van der Waals surface area contributed by atoms with Crippen molar-refractivity contribution in [2.75, 3.05) is 19.0 Å². The van der Waals surface area contributed by atoms with Gasteiger partial charge in [-0.3, -0.25) is 9.59 Å². The highest BCUT2D eigenvalue weighted by Gasteiger charge is 2.11. The lowest BCUT2D eigenvalue weighted by Gasteiger charge is -2.12. The van der Waals surface area contributed by atoms with E-state index in [4.69, 9.17) is 21.1 Å². The van der Waals surface area contributed by atoms with Gasteiger partial charge in [0, 0.05) is 17.2 Å². The summed E-state index contributed by atoms with van der Waals surface area (Å²) in [5.74, 6) is 0.205. The maximum absolute atomic E-state index is 12.2. The summed E-state index contributed by atoms with van der Waals surface area (Å²) in [4.78, 5) is 24.4. The molecule has 0 bridgehead atoms. The lowest BCUT2D eigenvalue weighted by atomic mass is 10.1. The standard InChI is InChI=1S/C21H20ClN3O4/c1-13-4-6-16(10-14(13)2)25-21(27)9-8-20(24-25)29-12-19(26)23-17-11-15(22)5-7-18(17)28-3/h4-11H,12H2,1-3H3,(H,23,26). The monoisotopic (exact) mass is 413 g/mol. The van der Waals surface area contributed by atoms with Gasteiger partial charge >= 0.3 is 0 Å². The van der Waals surface area contributed by atoms with E-state index in [1.54, 1.807) is 24.3 Å². The van der Waals surface area contributed by atoms with Crippen LogP contribution in [0.25, 0.3) is 5.69 Å². The third-order valence-electron chi connectivity index (χ3n) is 4.30. The maximum atomic E-state index is 12.2. The number of ether oxygens (including phenoxy) is 2. The molecule has 0 aliphatic heterocycles. The molecule has 29 heavy (non-hydrogen) atoms. The molecule has 1 heterocycles. The molecule has 1 N–H and O–H groups in total. The average Bonchev–Trinajstić information content (AvgIpc) is 2.70. The SMILES string of the molecule is COc1ccc(Cl)cc1NC(=O)COc1ccc(=O)n(-c2ccc(C)c(C)c2)n1. The van der Waals surface area contributed by atoms with E-state index in [1.165, 1.54) is 23.9 Å². The highest BCUT2D eigenvalue weighted by molar-refractivity contribution is 6.31. The number of aromatic nitrogens is 2. The minimum absolute atomic E-state index is 0.149. The van der Waals surface area contributed by atoms with Crippen molar-refractivity contribution in [1.29, 1.82) is 0 Å². The predicted octanol–water partition coefficient (Wildman–Crippen LogP) is 3.53. The summed E-state index contributed by atoms with van der Waals surface area (Å²) in [6.07, 6.45) is 0. The van der Waals surface area contributed by atoms with Crippen molar-refractivity contribution >= 4 is 23.2 Å². The molecule has 3 rings (SSSR count). The molecule has 0 unspecified atom stereocenters. The molecule has 0 spiro atoms.